The molecule has 1 unspecified atom stereocenters. The van der Waals surface area contributed by atoms with Gasteiger partial charge in [-0.15, -0.1) is 24.0 Å². The fourth-order valence-electron chi connectivity index (χ4n) is 2.20. The van der Waals surface area contributed by atoms with Crippen molar-refractivity contribution in [2.45, 2.75) is 32.4 Å². The van der Waals surface area contributed by atoms with Gasteiger partial charge in [-0.3, -0.25) is 4.79 Å². The Bertz CT molecular complexity index is 558. The lowest BCUT2D eigenvalue weighted by Gasteiger charge is -2.25. The number of carbonyl (C=O) groups is 1. The van der Waals surface area contributed by atoms with E-state index in [1.165, 1.54) is 0 Å². The van der Waals surface area contributed by atoms with Crippen molar-refractivity contribution in [2.24, 2.45) is 4.99 Å². The number of nitrogens with zero attached hydrogens (tertiary/aromatic N) is 1. The summed E-state index contributed by atoms with van der Waals surface area (Å²) in [5.41, 5.74) is 0.203. The number of piperidine rings is 1. The molecule has 1 saturated heterocycles. The minimum Gasteiger partial charge on any atom is -0.357 e. The molecule has 23 heavy (non-hydrogen) atoms. The van der Waals surface area contributed by atoms with Gasteiger partial charge in [-0.2, -0.15) is 0 Å². The van der Waals surface area contributed by atoms with Crippen molar-refractivity contribution >= 4 is 35.8 Å². The summed E-state index contributed by atoms with van der Waals surface area (Å²) in [6.45, 7) is 3.13. The van der Waals surface area contributed by atoms with Crippen molar-refractivity contribution in [1.82, 2.24) is 16.0 Å². The quantitative estimate of drug-likeness (QED) is 0.383. The number of carbonyl (C=O) groups excluding carboxylic acids is 1. The van der Waals surface area contributed by atoms with Crippen LogP contribution in [-0.2, 0) is 11.3 Å². The van der Waals surface area contributed by atoms with E-state index >= 15 is 0 Å². The first-order valence-electron chi connectivity index (χ1n) is 7.34. The van der Waals surface area contributed by atoms with Gasteiger partial charge in [0, 0.05) is 31.1 Å². The van der Waals surface area contributed by atoms with E-state index in [4.69, 9.17) is 0 Å². The van der Waals surface area contributed by atoms with Crippen LogP contribution in [0.15, 0.2) is 23.2 Å². The van der Waals surface area contributed by atoms with Crippen molar-refractivity contribution in [3.8, 4) is 0 Å². The summed E-state index contributed by atoms with van der Waals surface area (Å²) < 4.78 is 26.7. The molecule has 128 valence electrons. The molecule has 1 fully saturated rings. The second-order valence-electron chi connectivity index (χ2n) is 5.11. The molecule has 2 rings (SSSR count). The molecule has 1 aliphatic heterocycles. The summed E-state index contributed by atoms with van der Waals surface area (Å²) in [7, 11) is 0. The van der Waals surface area contributed by atoms with Crippen LogP contribution in [0, 0.1) is 11.6 Å². The zero-order valence-corrected chi connectivity index (χ0v) is 15.2. The highest BCUT2D eigenvalue weighted by molar-refractivity contribution is 14.0. The first kappa shape index (κ1) is 19.6. The van der Waals surface area contributed by atoms with E-state index in [0.717, 1.165) is 18.2 Å². The third-order valence-electron chi connectivity index (χ3n) is 3.37. The molecular weight excluding hydrogens is 417 g/mol. The summed E-state index contributed by atoms with van der Waals surface area (Å²) in [5, 5.41) is 9.02. The predicted molar refractivity (Wildman–Crippen MR) is 95.8 cm³/mol. The third-order valence-corrected chi connectivity index (χ3v) is 3.37. The van der Waals surface area contributed by atoms with Gasteiger partial charge in [0.1, 0.15) is 11.6 Å². The first-order valence-corrected chi connectivity index (χ1v) is 7.34. The first-order chi connectivity index (χ1) is 10.6. The Hall–Kier alpha value is -1.45. The number of aliphatic imine (C=N–C) groups is 1. The number of nitrogens with one attached hydrogen (secondary N) is 3. The van der Waals surface area contributed by atoms with Gasteiger partial charge in [0.05, 0.1) is 6.54 Å². The van der Waals surface area contributed by atoms with E-state index in [2.05, 4.69) is 20.9 Å². The second-order valence-corrected chi connectivity index (χ2v) is 5.11. The van der Waals surface area contributed by atoms with Crippen LogP contribution in [0.1, 0.15) is 25.3 Å². The Morgan fingerprint density at radius 3 is 2.87 bits per heavy atom. The van der Waals surface area contributed by atoms with Gasteiger partial charge < -0.3 is 16.0 Å². The van der Waals surface area contributed by atoms with Crippen LogP contribution in [0.4, 0.5) is 8.78 Å². The van der Waals surface area contributed by atoms with Gasteiger partial charge in [-0.1, -0.05) is 0 Å². The highest BCUT2D eigenvalue weighted by Gasteiger charge is 2.18. The molecule has 1 amide bonds. The predicted octanol–water partition coefficient (Wildman–Crippen LogP) is 1.92. The van der Waals surface area contributed by atoms with E-state index in [0.29, 0.717) is 31.9 Å². The fourth-order valence-corrected chi connectivity index (χ4v) is 2.20. The van der Waals surface area contributed by atoms with Crippen LogP contribution in [-0.4, -0.2) is 31.0 Å². The highest BCUT2D eigenvalue weighted by atomic mass is 127. The standard InChI is InChI=1S/C15H20F2N4O.HI/c1-2-18-15(21-12-4-6-14(22)19-9-12)20-8-10-7-11(16)3-5-13(10)17;/h3,5,7,12H,2,4,6,8-9H2,1H3,(H,19,22)(H2,18,20,21);1H. The molecule has 1 atom stereocenters. The topological polar surface area (TPSA) is 65.5 Å². The average molecular weight is 438 g/mol. The molecule has 0 spiro atoms. The molecule has 0 bridgehead atoms. The fraction of sp³-hybridized carbons (Fsp3) is 0.467. The van der Waals surface area contributed by atoms with Crippen molar-refractivity contribution in [1.29, 1.82) is 0 Å². The highest BCUT2D eigenvalue weighted by Crippen LogP contribution is 2.11. The maximum atomic E-state index is 13.6. The van der Waals surface area contributed by atoms with Gasteiger partial charge in [0.2, 0.25) is 5.91 Å². The number of amides is 1. The number of rotatable bonds is 4. The molecule has 1 aromatic rings. The third kappa shape index (κ3) is 6.28. The molecular formula is C15H21F2IN4O. The largest absolute Gasteiger partial charge is 0.357 e. The van der Waals surface area contributed by atoms with Crippen molar-refractivity contribution in [3.05, 3.63) is 35.4 Å². The minimum atomic E-state index is -0.487. The summed E-state index contributed by atoms with van der Waals surface area (Å²) in [4.78, 5) is 15.4. The smallest absolute Gasteiger partial charge is 0.220 e. The Morgan fingerprint density at radius 2 is 2.22 bits per heavy atom. The van der Waals surface area contributed by atoms with Crippen molar-refractivity contribution in [2.75, 3.05) is 13.1 Å². The Morgan fingerprint density at radius 1 is 1.43 bits per heavy atom. The van der Waals surface area contributed by atoms with Crippen molar-refractivity contribution < 1.29 is 13.6 Å². The number of hydrogen-bond acceptors (Lipinski definition) is 2. The summed E-state index contributed by atoms with van der Waals surface area (Å²) in [6, 6.07) is 3.39. The molecule has 3 N–H and O–H groups in total. The van der Waals surface area contributed by atoms with Crippen molar-refractivity contribution in [3.63, 3.8) is 0 Å². The Kier molecular flexibility index (Phi) is 8.21. The van der Waals surface area contributed by atoms with E-state index in [-0.39, 0.29) is 48.0 Å². The second kappa shape index (κ2) is 9.64. The van der Waals surface area contributed by atoms with Crippen LogP contribution in [0.3, 0.4) is 0 Å². The van der Waals surface area contributed by atoms with Gasteiger partial charge in [0.25, 0.3) is 0 Å². The maximum absolute atomic E-state index is 13.6. The lowest BCUT2D eigenvalue weighted by atomic mass is 10.1. The average Bonchev–Trinajstić information content (AvgIpc) is 2.50. The van der Waals surface area contributed by atoms with Crippen LogP contribution in [0.25, 0.3) is 0 Å². The zero-order chi connectivity index (χ0) is 15.9. The molecule has 0 radical (unpaired) electrons. The lowest BCUT2D eigenvalue weighted by Crippen LogP contribution is -2.51. The van der Waals surface area contributed by atoms with Crippen LogP contribution < -0.4 is 16.0 Å². The molecule has 0 saturated carbocycles. The minimum absolute atomic E-state index is 0. The normalized spacial score (nSPS) is 18.0. The van der Waals surface area contributed by atoms with E-state index in [1.54, 1.807) is 0 Å². The monoisotopic (exact) mass is 438 g/mol. The molecule has 1 heterocycles. The SMILES string of the molecule is CCNC(=NCc1cc(F)ccc1F)NC1CCC(=O)NC1.I. The molecule has 1 aromatic carbocycles. The molecule has 1 aliphatic rings. The van der Waals surface area contributed by atoms with E-state index < -0.39 is 11.6 Å². The number of guanidine groups is 1. The van der Waals surface area contributed by atoms with E-state index in [1.807, 2.05) is 6.92 Å². The number of benzene rings is 1. The zero-order valence-electron chi connectivity index (χ0n) is 12.9. The van der Waals surface area contributed by atoms with Crippen LogP contribution in [0.5, 0.6) is 0 Å². The van der Waals surface area contributed by atoms with E-state index in [9.17, 15) is 13.6 Å². The summed E-state index contributed by atoms with van der Waals surface area (Å²) in [6.07, 6.45) is 1.18. The van der Waals surface area contributed by atoms with Gasteiger partial charge >= 0.3 is 0 Å². The van der Waals surface area contributed by atoms with Gasteiger partial charge in [-0.05, 0) is 31.5 Å². The van der Waals surface area contributed by atoms with Gasteiger partial charge in [-0.25, -0.2) is 13.8 Å². The number of halogens is 3. The summed E-state index contributed by atoms with van der Waals surface area (Å²) >= 11 is 0. The molecule has 0 aliphatic carbocycles. The maximum Gasteiger partial charge on any atom is 0.220 e. The van der Waals surface area contributed by atoms with Gasteiger partial charge in [0.15, 0.2) is 5.96 Å². The van der Waals surface area contributed by atoms with Crippen LogP contribution in [0.2, 0.25) is 0 Å². The molecule has 8 heteroatoms. The lowest BCUT2D eigenvalue weighted by molar-refractivity contribution is -0.122. The van der Waals surface area contributed by atoms with Crippen LogP contribution >= 0.6 is 24.0 Å². The summed E-state index contributed by atoms with van der Waals surface area (Å²) in [5.74, 6) is -0.403. The number of hydrogen-bond donors (Lipinski definition) is 3. The Balaban J connectivity index is 0.00000264. The molecule has 0 aromatic heterocycles. The molecule has 5 nitrogen and oxygen atoms in total. The Labute approximate surface area is 151 Å².